The lowest BCUT2D eigenvalue weighted by atomic mass is 9.76. The van der Waals surface area contributed by atoms with Crippen molar-refractivity contribution >= 4 is 11.9 Å². The summed E-state index contributed by atoms with van der Waals surface area (Å²) in [4.78, 5) is 25.1. The van der Waals surface area contributed by atoms with E-state index in [1.54, 1.807) is 13.8 Å². The lowest BCUT2D eigenvalue weighted by molar-refractivity contribution is -0.159. The van der Waals surface area contributed by atoms with Gasteiger partial charge in [0.05, 0.1) is 0 Å². The highest BCUT2D eigenvalue weighted by Crippen LogP contribution is 2.35. The maximum Gasteiger partial charge on any atom is 0.326 e. The molecule has 1 aliphatic heterocycles. The molecule has 1 unspecified atom stereocenters. The standard InChI is InChI=1S/C13H24N2O3/c1-12(2)6-5-7-15(10(12)11(17)18)9(16)8-13(3,4)14/h10H,5-8,14H2,1-4H3,(H,17,18). The number of piperidine rings is 1. The predicted octanol–water partition coefficient (Wildman–Crippen LogP) is 1.22. The van der Waals surface area contributed by atoms with Crippen LogP contribution in [0.2, 0.25) is 0 Å². The van der Waals surface area contributed by atoms with Gasteiger partial charge in [0.2, 0.25) is 5.91 Å². The van der Waals surface area contributed by atoms with Crippen LogP contribution in [0.15, 0.2) is 0 Å². The van der Waals surface area contributed by atoms with Gasteiger partial charge < -0.3 is 15.7 Å². The Hall–Kier alpha value is -1.10. The van der Waals surface area contributed by atoms with Crippen LogP contribution in [0.1, 0.15) is 47.0 Å². The molecule has 0 bridgehead atoms. The minimum atomic E-state index is -0.928. The molecule has 1 rings (SSSR count). The minimum Gasteiger partial charge on any atom is -0.480 e. The molecule has 0 aromatic rings. The topological polar surface area (TPSA) is 83.6 Å². The third-order valence-electron chi connectivity index (χ3n) is 3.43. The molecule has 0 aromatic heterocycles. The van der Waals surface area contributed by atoms with Gasteiger partial charge in [-0.15, -0.1) is 0 Å². The molecule has 0 radical (unpaired) electrons. The van der Waals surface area contributed by atoms with Gasteiger partial charge in [0.1, 0.15) is 6.04 Å². The second kappa shape index (κ2) is 4.88. The van der Waals surface area contributed by atoms with E-state index in [1.165, 1.54) is 4.90 Å². The summed E-state index contributed by atoms with van der Waals surface area (Å²) in [5, 5.41) is 9.37. The van der Waals surface area contributed by atoms with Crippen molar-refractivity contribution < 1.29 is 14.7 Å². The minimum absolute atomic E-state index is 0.164. The molecule has 5 nitrogen and oxygen atoms in total. The molecular weight excluding hydrogens is 232 g/mol. The van der Waals surface area contributed by atoms with Gasteiger partial charge in [-0.3, -0.25) is 4.79 Å². The molecule has 18 heavy (non-hydrogen) atoms. The van der Waals surface area contributed by atoms with Crippen molar-refractivity contribution in [3.05, 3.63) is 0 Å². The number of aliphatic carboxylic acids is 1. The van der Waals surface area contributed by atoms with Gasteiger partial charge >= 0.3 is 5.97 Å². The number of nitrogens with two attached hydrogens (primary N) is 1. The number of amides is 1. The summed E-state index contributed by atoms with van der Waals surface area (Å²) in [7, 11) is 0. The van der Waals surface area contributed by atoms with E-state index < -0.39 is 23.0 Å². The van der Waals surface area contributed by atoms with Crippen molar-refractivity contribution in [2.24, 2.45) is 11.1 Å². The van der Waals surface area contributed by atoms with Crippen molar-refractivity contribution in [3.63, 3.8) is 0 Å². The van der Waals surface area contributed by atoms with E-state index in [1.807, 2.05) is 13.8 Å². The second-order valence-electron chi connectivity index (χ2n) is 6.59. The quantitative estimate of drug-likeness (QED) is 0.795. The fourth-order valence-corrected chi connectivity index (χ4v) is 2.62. The molecule has 1 amide bonds. The molecule has 0 saturated carbocycles. The van der Waals surface area contributed by atoms with Crippen molar-refractivity contribution in [3.8, 4) is 0 Å². The largest absolute Gasteiger partial charge is 0.480 e. The van der Waals surface area contributed by atoms with Crippen LogP contribution in [0.25, 0.3) is 0 Å². The summed E-state index contributed by atoms with van der Waals surface area (Å²) in [6, 6.07) is -0.749. The number of hydrogen-bond acceptors (Lipinski definition) is 3. The summed E-state index contributed by atoms with van der Waals surface area (Å²) in [5.74, 6) is -1.09. The Morgan fingerprint density at radius 1 is 1.44 bits per heavy atom. The summed E-state index contributed by atoms with van der Waals surface area (Å²) in [6.07, 6.45) is 1.83. The molecule has 104 valence electrons. The molecule has 1 fully saturated rings. The molecule has 0 aliphatic carbocycles. The number of likely N-dealkylation sites (tertiary alicyclic amines) is 1. The summed E-state index contributed by atoms with van der Waals surface area (Å²) >= 11 is 0. The van der Waals surface area contributed by atoms with Crippen molar-refractivity contribution in [1.82, 2.24) is 4.90 Å². The Kier molecular flexibility index (Phi) is 4.05. The van der Waals surface area contributed by atoms with Gasteiger partial charge in [0, 0.05) is 18.5 Å². The maximum absolute atomic E-state index is 12.2. The Labute approximate surface area is 108 Å². The van der Waals surface area contributed by atoms with Crippen LogP contribution >= 0.6 is 0 Å². The number of hydrogen-bond donors (Lipinski definition) is 2. The first kappa shape index (κ1) is 15.0. The summed E-state index contributed by atoms with van der Waals surface area (Å²) in [5.41, 5.74) is 4.84. The molecule has 1 aliphatic rings. The molecule has 1 atom stereocenters. The van der Waals surface area contributed by atoms with E-state index in [0.29, 0.717) is 6.54 Å². The first-order chi connectivity index (χ1) is 8.04. The Morgan fingerprint density at radius 3 is 2.44 bits per heavy atom. The van der Waals surface area contributed by atoms with E-state index in [2.05, 4.69) is 0 Å². The van der Waals surface area contributed by atoms with E-state index in [4.69, 9.17) is 5.73 Å². The third kappa shape index (κ3) is 3.45. The average molecular weight is 256 g/mol. The number of carbonyl (C=O) groups excluding carboxylic acids is 1. The van der Waals surface area contributed by atoms with Gasteiger partial charge in [0.15, 0.2) is 0 Å². The predicted molar refractivity (Wildman–Crippen MR) is 69.0 cm³/mol. The van der Waals surface area contributed by atoms with Crippen LogP contribution in [0.3, 0.4) is 0 Å². The SMILES string of the molecule is CC(C)(N)CC(=O)N1CCCC(C)(C)C1C(=O)O. The van der Waals surface area contributed by atoms with Crippen LogP contribution in [-0.4, -0.2) is 40.0 Å². The first-order valence-corrected chi connectivity index (χ1v) is 6.36. The Morgan fingerprint density at radius 2 is 2.00 bits per heavy atom. The zero-order valence-corrected chi connectivity index (χ0v) is 11.7. The molecule has 5 heteroatoms. The molecule has 0 aromatic carbocycles. The van der Waals surface area contributed by atoms with Crippen LogP contribution in [-0.2, 0) is 9.59 Å². The average Bonchev–Trinajstić information content (AvgIpc) is 2.11. The third-order valence-corrected chi connectivity index (χ3v) is 3.43. The summed E-state index contributed by atoms with van der Waals surface area (Å²) in [6.45, 7) is 7.86. The van der Waals surface area contributed by atoms with Crippen molar-refractivity contribution in [2.75, 3.05) is 6.54 Å². The zero-order valence-electron chi connectivity index (χ0n) is 11.7. The Bertz CT molecular complexity index is 345. The molecule has 1 heterocycles. The highest BCUT2D eigenvalue weighted by Gasteiger charge is 2.44. The number of rotatable bonds is 3. The van der Waals surface area contributed by atoms with Crippen molar-refractivity contribution in [2.45, 2.75) is 58.5 Å². The monoisotopic (exact) mass is 256 g/mol. The fourth-order valence-electron chi connectivity index (χ4n) is 2.62. The van der Waals surface area contributed by atoms with E-state index in [9.17, 15) is 14.7 Å². The second-order valence-corrected chi connectivity index (χ2v) is 6.59. The van der Waals surface area contributed by atoms with Crippen molar-refractivity contribution in [1.29, 1.82) is 0 Å². The van der Waals surface area contributed by atoms with Crippen LogP contribution in [0.5, 0.6) is 0 Å². The van der Waals surface area contributed by atoms with E-state index in [0.717, 1.165) is 12.8 Å². The molecule has 3 N–H and O–H groups in total. The van der Waals surface area contributed by atoms with Gasteiger partial charge in [0.25, 0.3) is 0 Å². The number of carboxylic acid groups (broad SMARTS) is 1. The first-order valence-electron chi connectivity index (χ1n) is 6.36. The highest BCUT2D eigenvalue weighted by atomic mass is 16.4. The summed E-state index contributed by atoms with van der Waals surface area (Å²) < 4.78 is 0. The normalized spacial score (nSPS) is 23.8. The lowest BCUT2D eigenvalue weighted by Gasteiger charge is -2.44. The van der Waals surface area contributed by atoms with Gasteiger partial charge in [-0.2, -0.15) is 0 Å². The fraction of sp³-hybridized carbons (Fsp3) is 0.846. The molecule has 0 spiro atoms. The van der Waals surface area contributed by atoms with Crippen LogP contribution in [0.4, 0.5) is 0 Å². The van der Waals surface area contributed by atoms with E-state index >= 15 is 0 Å². The van der Waals surface area contributed by atoms with Crippen LogP contribution < -0.4 is 5.73 Å². The molecule has 1 saturated heterocycles. The van der Waals surface area contributed by atoms with Gasteiger partial charge in [-0.05, 0) is 32.1 Å². The number of carbonyl (C=O) groups is 2. The molecular formula is C13H24N2O3. The number of carboxylic acids is 1. The zero-order chi connectivity index (χ0) is 14.1. The maximum atomic E-state index is 12.2. The van der Waals surface area contributed by atoms with Crippen LogP contribution in [0, 0.1) is 5.41 Å². The van der Waals surface area contributed by atoms with E-state index in [-0.39, 0.29) is 12.3 Å². The number of nitrogens with zero attached hydrogens (tertiary/aromatic N) is 1. The lowest BCUT2D eigenvalue weighted by Crippen LogP contribution is -2.57. The van der Waals surface area contributed by atoms with Gasteiger partial charge in [-0.25, -0.2) is 4.79 Å². The smallest absolute Gasteiger partial charge is 0.326 e. The highest BCUT2D eigenvalue weighted by molar-refractivity contribution is 5.85. The Balaban J connectivity index is 2.91. The van der Waals surface area contributed by atoms with Gasteiger partial charge in [-0.1, -0.05) is 13.8 Å².